The quantitative estimate of drug-likeness (QED) is 0.903. The van der Waals surface area contributed by atoms with Gasteiger partial charge in [-0.25, -0.2) is 0 Å². The van der Waals surface area contributed by atoms with Gasteiger partial charge in [-0.1, -0.05) is 6.07 Å². The van der Waals surface area contributed by atoms with E-state index in [2.05, 4.69) is 12.2 Å². The number of hydrogen-bond acceptors (Lipinski definition) is 3. The van der Waals surface area contributed by atoms with Crippen LogP contribution in [0.3, 0.4) is 0 Å². The number of nitrogens with one attached hydrogen (secondary N) is 1. The first kappa shape index (κ1) is 13.9. The molecule has 0 spiro atoms. The Morgan fingerprint density at radius 2 is 2.32 bits per heavy atom. The van der Waals surface area contributed by atoms with E-state index in [4.69, 9.17) is 4.74 Å². The van der Waals surface area contributed by atoms with Gasteiger partial charge in [0, 0.05) is 31.2 Å². The van der Waals surface area contributed by atoms with Gasteiger partial charge in [0.25, 0.3) is 5.91 Å². The molecule has 1 saturated heterocycles. The molecular weight excluding hydrogens is 240 g/mol. The Balaban J connectivity index is 2.20. The molecule has 1 atom stereocenters. The summed E-state index contributed by atoms with van der Waals surface area (Å²) in [5.41, 5.74) is 1.77. The van der Waals surface area contributed by atoms with E-state index in [-0.39, 0.29) is 11.9 Å². The number of carbonyl (C=O) groups excluding carboxylic acids is 1. The summed E-state index contributed by atoms with van der Waals surface area (Å²) in [6.07, 6.45) is 0. The highest BCUT2D eigenvalue weighted by molar-refractivity contribution is 5.95. The lowest BCUT2D eigenvalue weighted by Gasteiger charge is -2.34. The molecule has 1 aliphatic rings. The maximum absolute atomic E-state index is 12.5. The molecule has 1 aromatic carbocycles. The summed E-state index contributed by atoms with van der Waals surface area (Å²) in [6.45, 7) is 9.11. The maximum Gasteiger partial charge on any atom is 0.254 e. The number of aryl methyl sites for hydroxylation is 1. The normalized spacial score (nSPS) is 19.3. The molecule has 4 heteroatoms. The van der Waals surface area contributed by atoms with E-state index in [0.717, 1.165) is 30.9 Å². The highest BCUT2D eigenvalue weighted by Gasteiger charge is 2.24. The van der Waals surface area contributed by atoms with Crippen molar-refractivity contribution in [3.8, 4) is 5.75 Å². The predicted octanol–water partition coefficient (Wildman–Crippen LogP) is 1.83. The number of amides is 1. The van der Waals surface area contributed by atoms with Gasteiger partial charge >= 0.3 is 0 Å². The minimum absolute atomic E-state index is 0.0925. The van der Waals surface area contributed by atoms with Gasteiger partial charge in [0.05, 0.1) is 6.61 Å². The number of nitrogens with zero attached hydrogens (tertiary/aromatic N) is 1. The van der Waals surface area contributed by atoms with Crippen LogP contribution in [0.5, 0.6) is 5.75 Å². The fraction of sp³-hybridized carbons (Fsp3) is 0.533. The second-order valence-electron chi connectivity index (χ2n) is 4.96. The summed E-state index contributed by atoms with van der Waals surface area (Å²) >= 11 is 0. The first-order valence-corrected chi connectivity index (χ1v) is 6.88. The van der Waals surface area contributed by atoms with Crippen molar-refractivity contribution in [2.75, 3.05) is 26.2 Å². The van der Waals surface area contributed by atoms with Crippen LogP contribution in [0.1, 0.15) is 29.8 Å². The highest BCUT2D eigenvalue weighted by Crippen LogP contribution is 2.21. The molecule has 0 saturated carbocycles. The van der Waals surface area contributed by atoms with Crippen LogP contribution in [0.25, 0.3) is 0 Å². The van der Waals surface area contributed by atoms with Gasteiger partial charge in [-0.15, -0.1) is 0 Å². The first-order chi connectivity index (χ1) is 9.13. The highest BCUT2D eigenvalue weighted by atomic mass is 16.5. The lowest BCUT2D eigenvalue weighted by Crippen LogP contribution is -2.52. The zero-order valence-corrected chi connectivity index (χ0v) is 11.9. The molecule has 2 rings (SSSR count). The Kier molecular flexibility index (Phi) is 4.43. The van der Waals surface area contributed by atoms with Crippen LogP contribution in [0.4, 0.5) is 0 Å². The fourth-order valence-electron chi connectivity index (χ4n) is 2.35. The average molecular weight is 262 g/mol. The summed E-state index contributed by atoms with van der Waals surface area (Å²) in [5.74, 6) is 0.895. The molecule has 0 bridgehead atoms. The van der Waals surface area contributed by atoms with Crippen molar-refractivity contribution >= 4 is 5.91 Å². The number of piperazine rings is 1. The third-order valence-electron chi connectivity index (χ3n) is 3.50. The number of rotatable bonds is 3. The summed E-state index contributed by atoms with van der Waals surface area (Å²) in [6, 6.07) is 5.92. The van der Waals surface area contributed by atoms with Gasteiger partial charge in [0.15, 0.2) is 0 Å². The molecular formula is C15H22N2O2. The number of carbonyl (C=O) groups is 1. The second-order valence-corrected chi connectivity index (χ2v) is 4.96. The maximum atomic E-state index is 12.5. The Labute approximate surface area is 114 Å². The molecule has 0 unspecified atom stereocenters. The van der Waals surface area contributed by atoms with Gasteiger partial charge in [0.1, 0.15) is 5.75 Å². The van der Waals surface area contributed by atoms with Crippen molar-refractivity contribution in [3.05, 3.63) is 29.3 Å². The fourth-order valence-corrected chi connectivity index (χ4v) is 2.35. The predicted molar refractivity (Wildman–Crippen MR) is 75.7 cm³/mol. The van der Waals surface area contributed by atoms with Crippen LogP contribution in [-0.4, -0.2) is 43.1 Å². The number of ether oxygens (including phenoxy) is 1. The van der Waals surface area contributed by atoms with E-state index >= 15 is 0 Å². The van der Waals surface area contributed by atoms with Crippen molar-refractivity contribution in [1.29, 1.82) is 0 Å². The lowest BCUT2D eigenvalue weighted by atomic mass is 10.1. The molecule has 104 valence electrons. The monoisotopic (exact) mass is 262 g/mol. The van der Waals surface area contributed by atoms with Crippen molar-refractivity contribution in [3.63, 3.8) is 0 Å². The average Bonchev–Trinajstić information content (AvgIpc) is 2.41. The summed E-state index contributed by atoms with van der Waals surface area (Å²) in [5, 5.41) is 3.29. The first-order valence-electron chi connectivity index (χ1n) is 6.88. The Morgan fingerprint density at radius 3 is 3.00 bits per heavy atom. The molecule has 1 fully saturated rings. The molecule has 0 radical (unpaired) electrons. The van der Waals surface area contributed by atoms with E-state index in [1.165, 1.54) is 0 Å². The molecule has 1 N–H and O–H groups in total. The minimum atomic E-state index is 0.0925. The van der Waals surface area contributed by atoms with Gasteiger partial charge < -0.3 is 15.0 Å². The molecule has 0 aliphatic carbocycles. The zero-order chi connectivity index (χ0) is 13.8. The van der Waals surface area contributed by atoms with Gasteiger partial charge in [0.2, 0.25) is 0 Å². The topological polar surface area (TPSA) is 41.6 Å². The molecule has 4 nitrogen and oxygen atoms in total. The van der Waals surface area contributed by atoms with Gasteiger partial charge in [-0.2, -0.15) is 0 Å². The number of benzene rings is 1. The molecule has 19 heavy (non-hydrogen) atoms. The molecule has 0 aromatic heterocycles. The van der Waals surface area contributed by atoms with Crippen LogP contribution in [0.15, 0.2) is 18.2 Å². The third-order valence-corrected chi connectivity index (χ3v) is 3.50. The van der Waals surface area contributed by atoms with Crippen molar-refractivity contribution in [2.45, 2.75) is 26.8 Å². The Hall–Kier alpha value is -1.55. The third kappa shape index (κ3) is 3.07. The standard InChI is InChI=1S/C15H22N2O2/c1-4-19-14-9-13(6-5-11(14)2)15(18)17-8-7-16-10-12(17)3/h5-6,9,12,16H,4,7-8,10H2,1-3H3/t12-/m0/s1. The van der Waals surface area contributed by atoms with E-state index < -0.39 is 0 Å². The summed E-state index contributed by atoms with van der Waals surface area (Å²) in [7, 11) is 0. The van der Waals surface area contributed by atoms with Gasteiger partial charge in [-0.05, 0) is 38.5 Å². The van der Waals surface area contributed by atoms with Crippen LogP contribution in [-0.2, 0) is 0 Å². The summed E-state index contributed by atoms with van der Waals surface area (Å²) < 4.78 is 5.56. The van der Waals surface area contributed by atoms with Crippen LogP contribution < -0.4 is 10.1 Å². The molecule has 1 amide bonds. The SMILES string of the molecule is CCOc1cc(C(=O)N2CCNC[C@@H]2C)ccc1C. The minimum Gasteiger partial charge on any atom is -0.494 e. The molecule has 1 heterocycles. The Bertz CT molecular complexity index is 459. The van der Waals surface area contributed by atoms with E-state index in [9.17, 15) is 4.79 Å². The van der Waals surface area contributed by atoms with Crippen LogP contribution in [0, 0.1) is 6.92 Å². The number of hydrogen-bond donors (Lipinski definition) is 1. The van der Waals surface area contributed by atoms with Crippen LogP contribution in [0.2, 0.25) is 0 Å². The largest absolute Gasteiger partial charge is 0.494 e. The van der Waals surface area contributed by atoms with Crippen molar-refractivity contribution in [2.24, 2.45) is 0 Å². The Morgan fingerprint density at radius 1 is 1.53 bits per heavy atom. The van der Waals surface area contributed by atoms with Gasteiger partial charge in [-0.3, -0.25) is 4.79 Å². The molecule has 1 aromatic rings. The lowest BCUT2D eigenvalue weighted by molar-refractivity contribution is 0.0655. The zero-order valence-electron chi connectivity index (χ0n) is 11.9. The van der Waals surface area contributed by atoms with Crippen LogP contribution >= 0.6 is 0 Å². The molecule has 1 aliphatic heterocycles. The summed E-state index contributed by atoms with van der Waals surface area (Å²) in [4.78, 5) is 14.4. The second kappa shape index (κ2) is 6.06. The van der Waals surface area contributed by atoms with E-state index in [1.54, 1.807) is 0 Å². The van der Waals surface area contributed by atoms with E-state index in [0.29, 0.717) is 12.2 Å². The van der Waals surface area contributed by atoms with Crippen molar-refractivity contribution < 1.29 is 9.53 Å². The van der Waals surface area contributed by atoms with Crippen molar-refractivity contribution in [1.82, 2.24) is 10.2 Å². The smallest absolute Gasteiger partial charge is 0.254 e. The van der Waals surface area contributed by atoms with E-state index in [1.807, 2.05) is 36.9 Å².